The van der Waals surface area contributed by atoms with E-state index in [9.17, 15) is 0 Å². The maximum absolute atomic E-state index is 5.98. The van der Waals surface area contributed by atoms with Gasteiger partial charge in [0.25, 0.3) is 0 Å². The Kier molecular flexibility index (Phi) is 6.78. The van der Waals surface area contributed by atoms with Crippen LogP contribution in [0.2, 0.25) is 5.02 Å². The Morgan fingerprint density at radius 1 is 0.852 bits per heavy atom. The summed E-state index contributed by atoms with van der Waals surface area (Å²) in [6, 6.07) is 24.2. The van der Waals surface area contributed by atoms with Crippen molar-refractivity contribution in [1.29, 1.82) is 0 Å². The fourth-order valence-electron chi connectivity index (χ4n) is 2.68. The molecule has 0 aromatic heterocycles. The van der Waals surface area contributed by atoms with Gasteiger partial charge in [-0.25, -0.2) is 0 Å². The predicted molar refractivity (Wildman–Crippen MR) is 122 cm³/mol. The minimum absolute atomic E-state index is 0.421. The number of thiocarbonyl (C=S) groups is 1. The van der Waals surface area contributed by atoms with E-state index < -0.39 is 0 Å². The van der Waals surface area contributed by atoms with E-state index >= 15 is 0 Å². The van der Waals surface area contributed by atoms with Crippen LogP contribution in [0.25, 0.3) is 0 Å². The summed E-state index contributed by atoms with van der Waals surface area (Å²) in [5.41, 5.74) is 3.25. The minimum atomic E-state index is 0.421. The van der Waals surface area contributed by atoms with Gasteiger partial charge >= 0.3 is 0 Å². The van der Waals surface area contributed by atoms with Gasteiger partial charge in [-0.2, -0.15) is 0 Å². The Balaban J connectivity index is 1.74. The average Bonchev–Trinajstić information content (AvgIpc) is 2.65. The van der Waals surface area contributed by atoms with Crippen molar-refractivity contribution in [1.82, 2.24) is 0 Å². The molecule has 3 aromatic rings. The molecule has 0 heterocycles. The van der Waals surface area contributed by atoms with Crippen molar-refractivity contribution in [3.63, 3.8) is 0 Å². The molecule has 2 nitrogen and oxygen atoms in total. The van der Waals surface area contributed by atoms with E-state index in [1.54, 1.807) is 11.8 Å². The molecule has 3 aromatic carbocycles. The van der Waals surface area contributed by atoms with Gasteiger partial charge in [-0.05, 0) is 66.2 Å². The summed E-state index contributed by atoms with van der Waals surface area (Å²) in [6.07, 6.45) is 0. The van der Waals surface area contributed by atoms with Gasteiger partial charge in [0.05, 0.1) is 5.69 Å². The number of rotatable bonds is 5. The molecule has 0 amide bonds. The number of para-hydroxylation sites is 2. The molecule has 0 unspecified atom stereocenters. The molecule has 0 aliphatic rings. The third-order valence-corrected chi connectivity index (χ3v) is 5.55. The zero-order valence-corrected chi connectivity index (χ0v) is 17.6. The molecular formula is C22H21ClN2S2. The lowest BCUT2D eigenvalue weighted by Gasteiger charge is -2.17. The van der Waals surface area contributed by atoms with Crippen LogP contribution in [0.15, 0.2) is 82.6 Å². The highest BCUT2D eigenvalue weighted by Gasteiger charge is 2.09. The summed E-state index contributed by atoms with van der Waals surface area (Å²) in [4.78, 5) is 2.22. The highest BCUT2D eigenvalue weighted by molar-refractivity contribution is 7.99. The molecule has 0 spiro atoms. The minimum Gasteiger partial charge on any atom is -0.332 e. The highest BCUT2D eigenvalue weighted by atomic mass is 35.5. The molecule has 2 N–H and O–H groups in total. The van der Waals surface area contributed by atoms with Crippen LogP contribution in [0.3, 0.4) is 0 Å². The van der Waals surface area contributed by atoms with Gasteiger partial charge in [-0.1, -0.05) is 67.5 Å². The van der Waals surface area contributed by atoms with Crippen LogP contribution < -0.4 is 10.6 Å². The van der Waals surface area contributed by atoms with Gasteiger partial charge in [0, 0.05) is 20.5 Å². The molecule has 0 aliphatic carbocycles. The predicted octanol–water partition coefficient (Wildman–Crippen LogP) is 7.42. The van der Waals surface area contributed by atoms with Crippen molar-refractivity contribution in [2.75, 3.05) is 10.6 Å². The Morgan fingerprint density at radius 2 is 1.44 bits per heavy atom. The molecule has 0 atom stereocenters. The number of benzene rings is 3. The molecule has 0 aliphatic heterocycles. The monoisotopic (exact) mass is 412 g/mol. The topological polar surface area (TPSA) is 24.1 Å². The lowest BCUT2D eigenvalue weighted by atomic mass is 10.0. The summed E-state index contributed by atoms with van der Waals surface area (Å²) in [5, 5.41) is 7.97. The maximum atomic E-state index is 5.98. The number of nitrogens with one attached hydrogen (secondary N) is 2. The molecule has 0 radical (unpaired) electrons. The molecule has 27 heavy (non-hydrogen) atoms. The molecule has 0 saturated heterocycles. The van der Waals surface area contributed by atoms with E-state index in [1.165, 1.54) is 5.56 Å². The van der Waals surface area contributed by atoms with Crippen molar-refractivity contribution < 1.29 is 0 Å². The van der Waals surface area contributed by atoms with E-state index in [-0.39, 0.29) is 0 Å². The Labute approximate surface area is 175 Å². The standard InChI is InChI=1S/C22H21ClN2S2/c1-15(2)18-7-3-4-8-19(18)24-22(26)25-20-9-5-6-10-21(20)27-17-13-11-16(23)12-14-17/h3-15H,1-2H3,(H2,24,25,26). The second-order valence-corrected chi connectivity index (χ2v) is 8.33. The van der Waals surface area contributed by atoms with Crippen molar-refractivity contribution in [3.05, 3.63) is 83.4 Å². The Morgan fingerprint density at radius 3 is 2.15 bits per heavy atom. The van der Waals surface area contributed by atoms with Gasteiger partial charge in [-0.15, -0.1) is 0 Å². The van der Waals surface area contributed by atoms with E-state index in [0.717, 1.165) is 26.2 Å². The quantitative estimate of drug-likeness (QED) is 0.425. The first kappa shape index (κ1) is 19.7. The number of anilines is 2. The van der Waals surface area contributed by atoms with E-state index in [2.05, 4.69) is 48.7 Å². The summed E-state index contributed by atoms with van der Waals surface area (Å²) in [6.45, 7) is 4.35. The molecule has 0 fully saturated rings. The first-order valence-electron chi connectivity index (χ1n) is 8.72. The van der Waals surface area contributed by atoms with Crippen LogP contribution >= 0.6 is 35.6 Å². The lowest BCUT2D eigenvalue weighted by Crippen LogP contribution is -2.20. The third kappa shape index (κ3) is 5.48. The second kappa shape index (κ2) is 9.27. The zero-order chi connectivity index (χ0) is 19.2. The number of halogens is 1. The van der Waals surface area contributed by atoms with Crippen molar-refractivity contribution in [2.45, 2.75) is 29.6 Å². The SMILES string of the molecule is CC(C)c1ccccc1NC(=S)Nc1ccccc1Sc1ccc(Cl)cc1. The third-order valence-electron chi connectivity index (χ3n) is 4.01. The van der Waals surface area contributed by atoms with Gasteiger partial charge in [-0.3, -0.25) is 0 Å². The summed E-state index contributed by atoms with van der Waals surface area (Å²) >= 11 is 13.2. The van der Waals surface area contributed by atoms with Gasteiger partial charge in [0.15, 0.2) is 5.11 Å². The van der Waals surface area contributed by atoms with Crippen LogP contribution in [-0.4, -0.2) is 5.11 Å². The molecular weight excluding hydrogens is 392 g/mol. The van der Waals surface area contributed by atoms with Crippen LogP contribution in [0.5, 0.6) is 0 Å². The normalized spacial score (nSPS) is 10.7. The fourth-order valence-corrected chi connectivity index (χ4v) is 3.93. The van der Waals surface area contributed by atoms with Crippen molar-refractivity contribution in [3.8, 4) is 0 Å². The molecule has 138 valence electrons. The van der Waals surface area contributed by atoms with Crippen LogP contribution in [0.4, 0.5) is 11.4 Å². The van der Waals surface area contributed by atoms with E-state index in [4.69, 9.17) is 23.8 Å². The first-order chi connectivity index (χ1) is 13.0. The summed E-state index contributed by atoms with van der Waals surface area (Å²) in [5.74, 6) is 0.421. The first-order valence-corrected chi connectivity index (χ1v) is 10.3. The largest absolute Gasteiger partial charge is 0.332 e. The Bertz CT molecular complexity index is 924. The molecule has 0 saturated carbocycles. The highest BCUT2D eigenvalue weighted by Crippen LogP contribution is 2.34. The van der Waals surface area contributed by atoms with Gasteiger partial charge in [0.2, 0.25) is 0 Å². The fraction of sp³-hybridized carbons (Fsp3) is 0.136. The second-order valence-electron chi connectivity index (χ2n) is 6.37. The molecule has 0 bridgehead atoms. The van der Waals surface area contributed by atoms with E-state index in [0.29, 0.717) is 11.0 Å². The zero-order valence-electron chi connectivity index (χ0n) is 15.2. The molecule has 3 rings (SSSR count). The number of hydrogen-bond donors (Lipinski definition) is 2. The van der Waals surface area contributed by atoms with E-state index in [1.807, 2.05) is 48.5 Å². The Hall–Kier alpha value is -2.01. The summed E-state index contributed by atoms with van der Waals surface area (Å²) < 4.78 is 0. The number of hydrogen-bond acceptors (Lipinski definition) is 2. The summed E-state index contributed by atoms with van der Waals surface area (Å²) in [7, 11) is 0. The van der Waals surface area contributed by atoms with Gasteiger partial charge < -0.3 is 10.6 Å². The molecule has 5 heteroatoms. The van der Waals surface area contributed by atoms with Crippen LogP contribution in [-0.2, 0) is 0 Å². The van der Waals surface area contributed by atoms with Crippen LogP contribution in [0.1, 0.15) is 25.3 Å². The van der Waals surface area contributed by atoms with Crippen molar-refractivity contribution in [2.24, 2.45) is 0 Å². The smallest absolute Gasteiger partial charge is 0.175 e. The lowest BCUT2D eigenvalue weighted by molar-refractivity contribution is 0.869. The van der Waals surface area contributed by atoms with Crippen molar-refractivity contribution >= 4 is 52.1 Å². The van der Waals surface area contributed by atoms with Crippen LogP contribution in [0, 0.1) is 0 Å². The average molecular weight is 413 g/mol. The maximum Gasteiger partial charge on any atom is 0.175 e. The van der Waals surface area contributed by atoms with Gasteiger partial charge in [0.1, 0.15) is 0 Å².